The molecule has 1 aliphatic heterocycles. The van der Waals surface area contributed by atoms with Gasteiger partial charge in [0, 0.05) is 6.07 Å². The predicted molar refractivity (Wildman–Crippen MR) is 107 cm³/mol. The first-order valence-corrected chi connectivity index (χ1v) is 10.0. The number of imide groups is 1. The van der Waals surface area contributed by atoms with Crippen LogP contribution in [0.2, 0.25) is 0 Å². The first-order chi connectivity index (χ1) is 14.0. The van der Waals surface area contributed by atoms with Crippen LogP contribution in [0.5, 0.6) is 0 Å². The molecule has 8 nitrogen and oxygen atoms in total. The van der Waals surface area contributed by atoms with Crippen molar-refractivity contribution in [1.82, 2.24) is 20.0 Å². The molecule has 4 amide bonds. The standard InChI is InChI=1S/C21H25N5O3/c1-21(15-8-4-2-5-9-15)19(28)25(20(29)24-21)14-18(27)23-17-12-13-22-26(17)16-10-6-3-7-11-16/h2,4-5,8-9,12-13,16H,3,6-7,10-11,14H2,1H3,(H,23,27)(H,24,29). The fraction of sp³-hybridized carbons (Fsp3) is 0.429. The molecule has 8 heteroatoms. The number of aromatic nitrogens is 2. The van der Waals surface area contributed by atoms with Gasteiger partial charge in [0.15, 0.2) is 0 Å². The number of nitrogens with one attached hydrogen (secondary N) is 2. The molecule has 152 valence electrons. The third kappa shape index (κ3) is 3.62. The summed E-state index contributed by atoms with van der Waals surface area (Å²) in [4.78, 5) is 38.9. The van der Waals surface area contributed by atoms with E-state index in [0.717, 1.165) is 30.6 Å². The Labute approximate surface area is 169 Å². The number of amides is 4. The second-order valence-electron chi connectivity index (χ2n) is 7.81. The topological polar surface area (TPSA) is 96.3 Å². The summed E-state index contributed by atoms with van der Waals surface area (Å²) in [5.41, 5.74) is -0.501. The van der Waals surface area contributed by atoms with E-state index < -0.39 is 23.4 Å². The Morgan fingerprint density at radius 3 is 2.62 bits per heavy atom. The van der Waals surface area contributed by atoms with Crippen molar-refractivity contribution >= 4 is 23.7 Å². The smallest absolute Gasteiger partial charge is 0.319 e. The van der Waals surface area contributed by atoms with Gasteiger partial charge in [0.05, 0.1) is 12.2 Å². The zero-order valence-electron chi connectivity index (χ0n) is 16.4. The van der Waals surface area contributed by atoms with Crippen LogP contribution in [0.15, 0.2) is 42.6 Å². The van der Waals surface area contributed by atoms with Crippen LogP contribution in [0.3, 0.4) is 0 Å². The van der Waals surface area contributed by atoms with Gasteiger partial charge in [-0.2, -0.15) is 5.10 Å². The number of carbonyl (C=O) groups excluding carboxylic acids is 3. The van der Waals surface area contributed by atoms with Gasteiger partial charge in [-0.25, -0.2) is 9.48 Å². The Bertz CT molecular complexity index is 919. The maximum Gasteiger partial charge on any atom is 0.325 e. The minimum atomic E-state index is -1.18. The van der Waals surface area contributed by atoms with Crippen LogP contribution in [0.4, 0.5) is 10.6 Å². The first kappa shape index (κ1) is 19.2. The summed E-state index contributed by atoms with van der Waals surface area (Å²) in [6, 6.07) is 10.5. The number of hydrogen-bond acceptors (Lipinski definition) is 4. The second-order valence-corrected chi connectivity index (χ2v) is 7.81. The highest BCUT2D eigenvalue weighted by atomic mass is 16.2. The third-order valence-corrected chi connectivity index (χ3v) is 5.79. The molecule has 1 aromatic carbocycles. The largest absolute Gasteiger partial charge is 0.325 e. The van der Waals surface area contributed by atoms with Gasteiger partial charge in [0.25, 0.3) is 5.91 Å². The number of carbonyl (C=O) groups is 3. The summed E-state index contributed by atoms with van der Waals surface area (Å²) in [6.07, 6.45) is 7.26. The van der Waals surface area contributed by atoms with Gasteiger partial charge in [-0.3, -0.25) is 14.5 Å². The number of anilines is 1. The number of urea groups is 1. The van der Waals surface area contributed by atoms with Crippen molar-refractivity contribution in [2.45, 2.75) is 50.6 Å². The number of hydrogen-bond donors (Lipinski definition) is 2. The maximum absolute atomic E-state index is 12.9. The highest BCUT2D eigenvalue weighted by Crippen LogP contribution is 2.30. The van der Waals surface area contributed by atoms with E-state index in [1.165, 1.54) is 6.42 Å². The molecule has 2 heterocycles. The van der Waals surface area contributed by atoms with Crippen LogP contribution in [0, 0.1) is 0 Å². The van der Waals surface area contributed by atoms with Crippen molar-refractivity contribution in [3.63, 3.8) is 0 Å². The Hall–Kier alpha value is -3.16. The van der Waals surface area contributed by atoms with Gasteiger partial charge in [0.1, 0.15) is 17.9 Å². The third-order valence-electron chi connectivity index (χ3n) is 5.79. The Morgan fingerprint density at radius 1 is 1.17 bits per heavy atom. The molecule has 1 unspecified atom stereocenters. The minimum Gasteiger partial charge on any atom is -0.319 e. The van der Waals surface area contributed by atoms with Gasteiger partial charge in [-0.15, -0.1) is 0 Å². The van der Waals surface area contributed by atoms with E-state index >= 15 is 0 Å². The Morgan fingerprint density at radius 2 is 1.90 bits per heavy atom. The van der Waals surface area contributed by atoms with Crippen LogP contribution >= 0.6 is 0 Å². The molecule has 1 atom stereocenters. The average Bonchev–Trinajstić information content (AvgIpc) is 3.28. The van der Waals surface area contributed by atoms with E-state index in [4.69, 9.17) is 0 Å². The second kappa shape index (κ2) is 7.69. The van der Waals surface area contributed by atoms with Crippen LogP contribution in [-0.2, 0) is 15.1 Å². The molecular formula is C21H25N5O3. The van der Waals surface area contributed by atoms with E-state index in [1.807, 2.05) is 22.9 Å². The first-order valence-electron chi connectivity index (χ1n) is 10.0. The lowest BCUT2D eigenvalue weighted by Crippen LogP contribution is -2.42. The van der Waals surface area contributed by atoms with Gasteiger partial charge in [0.2, 0.25) is 5.91 Å². The lowest BCUT2D eigenvalue weighted by molar-refractivity contribution is -0.133. The van der Waals surface area contributed by atoms with Crippen LogP contribution in [0.25, 0.3) is 0 Å². The van der Waals surface area contributed by atoms with E-state index in [0.29, 0.717) is 11.4 Å². The van der Waals surface area contributed by atoms with Crippen molar-refractivity contribution in [2.24, 2.45) is 0 Å². The van der Waals surface area contributed by atoms with Crippen molar-refractivity contribution in [1.29, 1.82) is 0 Å². The molecule has 1 saturated carbocycles. The van der Waals surface area contributed by atoms with Crippen molar-refractivity contribution in [2.75, 3.05) is 11.9 Å². The molecular weight excluding hydrogens is 370 g/mol. The highest BCUT2D eigenvalue weighted by Gasteiger charge is 2.49. The van der Waals surface area contributed by atoms with E-state index in [9.17, 15) is 14.4 Å². The molecule has 1 saturated heterocycles. The SMILES string of the molecule is CC1(c2ccccc2)NC(=O)N(CC(=O)Nc2ccnn2C2CCCCC2)C1=O. The molecule has 0 bridgehead atoms. The lowest BCUT2D eigenvalue weighted by atomic mass is 9.92. The Balaban J connectivity index is 1.45. The molecule has 0 radical (unpaired) electrons. The zero-order chi connectivity index (χ0) is 20.4. The lowest BCUT2D eigenvalue weighted by Gasteiger charge is -2.24. The average molecular weight is 395 g/mol. The number of benzene rings is 1. The molecule has 2 aliphatic rings. The normalized spacial score (nSPS) is 22.6. The van der Waals surface area contributed by atoms with Crippen LogP contribution in [0.1, 0.15) is 50.6 Å². The summed E-state index contributed by atoms with van der Waals surface area (Å²) < 4.78 is 1.84. The summed E-state index contributed by atoms with van der Waals surface area (Å²) in [6.45, 7) is 1.31. The quantitative estimate of drug-likeness (QED) is 0.761. The molecule has 1 aliphatic carbocycles. The van der Waals surface area contributed by atoms with Gasteiger partial charge in [-0.05, 0) is 25.3 Å². The highest BCUT2D eigenvalue weighted by molar-refractivity contribution is 6.10. The van der Waals surface area contributed by atoms with Crippen LogP contribution < -0.4 is 10.6 Å². The van der Waals surface area contributed by atoms with E-state index in [1.54, 1.807) is 31.3 Å². The molecule has 1 aromatic heterocycles. The van der Waals surface area contributed by atoms with E-state index in [2.05, 4.69) is 15.7 Å². The van der Waals surface area contributed by atoms with Gasteiger partial charge in [-0.1, -0.05) is 49.6 Å². The molecule has 2 aromatic rings. The molecule has 4 rings (SSSR count). The number of nitrogens with zero attached hydrogens (tertiary/aromatic N) is 3. The monoisotopic (exact) mass is 395 g/mol. The van der Waals surface area contributed by atoms with Crippen molar-refractivity contribution in [3.05, 3.63) is 48.2 Å². The summed E-state index contributed by atoms with van der Waals surface area (Å²) in [7, 11) is 0. The number of rotatable bonds is 5. The summed E-state index contributed by atoms with van der Waals surface area (Å²) in [5, 5.41) is 9.88. The van der Waals surface area contributed by atoms with Crippen molar-refractivity contribution in [3.8, 4) is 0 Å². The minimum absolute atomic E-state index is 0.270. The molecule has 2 fully saturated rings. The van der Waals surface area contributed by atoms with E-state index in [-0.39, 0.29) is 12.6 Å². The molecule has 0 spiro atoms. The zero-order valence-corrected chi connectivity index (χ0v) is 16.4. The van der Waals surface area contributed by atoms with Gasteiger partial charge < -0.3 is 10.6 Å². The molecule has 29 heavy (non-hydrogen) atoms. The summed E-state index contributed by atoms with van der Waals surface area (Å²) in [5.74, 6) is -0.271. The fourth-order valence-corrected chi connectivity index (χ4v) is 4.16. The van der Waals surface area contributed by atoms with Gasteiger partial charge >= 0.3 is 6.03 Å². The van der Waals surface area contributed by atoms with Crippen molar-refractivity contribution < 1.29 is 14.4 Å². The van der Waals surface area contributed by atoms with Crippen LogP contribution in [-0.4, -0.2) is 39.1 Å². The molecule has 2 N–H and O–H groups in total. The maximum atomic E-state index is 12.9. The fourth-order valence-electron chi connectivity index (χ4n) is 4.16. The summed E-state index contributed by atoms with van der Waals surface area (Å²) >= 11 is 0. The Kier molecular flexibility index (Phi) is 5.08. The predicted octanol–water partition coefficient (Wildman–Crippen LogP) is 2.79.